The van der Waals surface area contributed by atoms with Gasteiger partial charge < -0.3 is 24.7 Å². The highest BCUT2D eigenvalue weighted by atomic mass is 31.2. The molecule has 172 valence electrons. The molecule has 2 aromatic heterocycles. The van der Waals surface area contributed by atoms with E-state index < -0.39 is 24.4 Å². The zero-order chi connectivity index (χ0) is 23.1. The van der Waals surface area contributed by atoms with E-state index in [2.05, 4.69) is 20.3 Å². The minimum absolute atomic E-state index is 0.00823. The summed E-state index contributed by atoms with van der Waals surface area (Å²) in [6.45, 7) is 3.83. The normalized spacial score (nSPS) is 16.9. The van der Waals surface area contributed by atoms with Crippen LogP contribution in [0.25, 0.3) is 22.2 Å². The molecule has 1 aromatic carbocycles. The minimum atomic E-state index is -4.67. The van der Waals surface area contributed by atoms with E-state index in [-0.39, 0.29) is 23.8 Å². The first-order valence-corrected chi connectivity index (χ1v) is 12.7. The highest BCUT2D eigenvalue weighted by molar-refractivity contribution is 7.70. The maximum Gasteiger partial charge on any atom is 0.419 e. The van der Waals surface area contributed by atoms with Crippen molar-refractivity contribution in [2.24, 2.45) is 0 Å². The Morgan fingerprint density at radius 3 is 2.62 bits per heavy atom. The molecule has 0 bridgehead atoms. The van der Waals surface area contributed by atoms with Gasteiger partial charge in [0.2, 0.25) is 5.95 Å². The van der Waals surface area contributed by atoms with Crippen LogP contribution in [0.3, 0.4) is 0 Å². The number of aromatic amines is 1. The van der Waals surface area contributed by atoms with Crippen molar-refractivity contribution in [1.29, 1.82) is 0 Å². The second-order valence-corrected chi connectivity index (χ2v) is 11.6. The number of aliphatic hydroxyl groups excluding tert-OH is 1. The monoisotopic (exact) mass is 468 g/mol. The van der Waals surface area contributed by atoms with Gasteiger partial charge in [-0.05, 0) is 32.2 Å². The summed E-state index contributed by atoms with van der Waals surface area (Å²) in [5.41, 5.74) is -1.28. The van der Waals surface area contributed by atoms with Crippen LogP contribution in [-0.2, 0) is 15.5 Å². The predicted octanol–water partition coefficient (Wildman–Crippen LogP) is 3.85. The number of anilines is 1. The molecule has 0 aliphatic carbocycles. The van der Waals surface area contributed by atoms with Crippen molar-refractivity contribution in [3.8, 4) is 11.3 Å². The number of aliphatic hydroxyl groups is 1. The van der Waals surface area contributed by atoms with Gasteiger partial charge in [0.25, 0.3) is 0 Å². The van der Waals surface area contributed by atoms with Crippen molar-refractivity contribution >= 4 is 29.3 Å². The fourth-order valence-electron chi connectivity index (χ4n) is 3.96. The number of aromatic nitrogens is 3. The van der Waals surface area contributed by atoms with E-state index in [9.17, 15) is 22.8 Å². The van der Waals surface area contributed by atoms with Crippen molar-refractivity contribution in [2.45, 2.75) is 24.6 Å². The van der Waals surface area contributed by atoms with Crippen LogP contribution >= 0.6 is 7.14 Å². The number of hydrogen-bond acceptors (Lipinski definition) is 6. The zero-order valence-corrected chi connectivity index (χ0v) is 18.6. The second kappa shape index (κ2) is 8.17. The van der Waals surface area contributed by atoms with Gasteiger partial charge in [0.05, 0.1) is 23.4 Å². The Morgan fingerprint density at radius 2 is 2.00 bits per heavy atom. The maximum atomic E-state index is 13.8. The van der Waals surface area contributed by atoms with E-state index in [1.54, 1.807) is 31.5 Å². The molecule has 7 nitrogen and oxygen atoms in total. The summed E-state index contributed by atoms with van der Waals surface area (Å²) < 4.78 is 59.5. The summed E-state index contributed by atoms with van der Waals surface area (Å²) in [6, 6.07) is 5.05. The van der Waals surface area contributed by atoms with Gasteiger partial charge in [-0.25, -0.2) is 9.97 Å². The fourth-order valence-corrected chi connectivity index (χ4v) is 5.13. The Hall–Kier alpha value is -2.42. The molecule has 3 aromatic rings. The van der Waals surface area contributed by atoms with Crippen LogP contribution < -0.4 is 10.6 Å². The standard InChI is InChI=1S/C21H24F3N4O3P/c1-32(2,30)16-5-3-4-13-14(10-25-18(13)16)17-15(21(22,23)24)11-26-19(27-17)28-20(12-29)6-8-31-9-7-20/h3-5,10-11,25,29H,6-9,12H2,1-2H3,(H,26,27,28). The molecule has 0 unspecified atom stereocenters. The van der Waals surface area contributed by atoms with Gasteiger partial charge in [-0.3, -0.25) is 0 Å². The average molecular weight is 468 g/mol. The lowest BCUT2D eigenvalue weighted by atomic mass is 9.91. The molecule has 3 N–H and O–H groups in total. The largest absolute Gasteiger partial charge is 0.419 e. The van der Waals surface area contributed by atoms with Crippen LogP contribution in [0, 0.1) is 0 Å². The van der Waals surface area contributed by atoms with Crippen molar-refractivity contribution in [1.82, 2.24) is 15.0 Å². The third-order valence-electron chi connectivity index (χ3n) is 5.75. The number of alkyl halides is 3. The van der Waals surface area contributed by atoms with E-state index in [0.29, 0.717) is 42.3 Å². The molecular formula is C21H24F3N4O3P. The number of nitrogens with one attached hydrogen (secondary N) is 2. The fraction of sp³-hybridized carbons (Fsp3) is 0.429. The van der Waals surface area contributed by atoms with Crippen molar-refractivity contribution < 1.29 is 27.6 Å². The van der Waals surface area contributed by atoms with Crippen LogP contribution in [0.2, 0.25) is 0 Å². The molecular weight excluding hydrogens is 444 g/mol. The van der Waals surface area contributed by atoms with Crippen LogP contribution in [0.5, 0.6) is 0 Å². The average Bonchev–Trinajstić information content (AvgIpc) is 3.17. The molecule has 0 atom stereocenters. The molecule has 0 radical (unpaired) electrons. The number of H-pyrrole nitrogens is 1. The van der Waals surface area contributed by atoms with Gasteiger partial charge in [-0.15, -0.1) is 0 Å². The van der Waals surface area contributed by atoms with Gasteiger partial charge in [-0.1, -0.05) is 12.1 Å². The highest BCUT2D eigenvalue weighted by Crippen LogP contribution is 2.42. The molecule has 0 saturated carbocycles. The molecule has 0 amide bonds. The smallest absolute Gasteiger partial charge is 0.394 e. The first kappa shape index (κ1) is 22.8. The van der Waals surface area contributed by atoms with Crippen molar-refractivity contribution in [3.63, 3.8) is 0 Å². The minimum Gasteiger partial charge on any atom is -0.394 e. The number of rotatable bonds is 5. The SMILES string of the molecule is CP(C)(=O)c1cccc2c(-c3nc(NC4(CO)CCOCC4)ncc3C(F)(F)F)c[nH]c12. The topological polar surface area (TPSA) is 100 Å². The number of nitrogens with zero attached hydrogens (tertiary/aromatic N) is 2. The Labute approximate surface area is 182 Å². The van der Waals surface area contributed by atoms with E-state index >= 15 is 0 Å². The third-order valence-corrected chi connectivity index (χ3v) is 7.29. The van der Waals surface area contributed by atoms with Gasteiger partial charge in [-0.2, -0.15) is 13.2 Å². The van der Waals surface area contributed by atoms with Crippen LogP contribution in [-0.4, -0.2) is 58.7 Å². The Kier molecular flexibility index (Phi) is 5.81. The lowest BCUT2D eigenvalue weighted by Crippen LogP contribution is -2.47. The zero-order valence-electron chi connectivity index (χ0n) is 17.7. The van der Waals surface area contributed by atoms with E-state index in [4.69, 9.17) is 4.74 Å². The molecule has 11 heteroatoms. The predicted molar refractivity (Wildman–Crippen MR) is 117 cm³/mol. The van der Waals surface area contributed by atoms with Gasteiger partial charge in [0, 0.05) is 41.9 Å². The van der Waals surface area contributed by atoms with Gasteiger partial charge in [0.15, 0.2) is 0 Å². The summed E-state index contributed by atoms with van der Waals surface area (Å²) in [5.74, 6) is -0.00823. The molecule has 1 aliphatic heterocycles. The molecule has 32 heavy (non-hydrogen) atoms. The quantitative estimate of drug-likeness (QED) is 0.492. The third kappa shape index (κ3) is 4.27. The number of ether oxygens (including phenoxy) is 1. The summed E-state index contributed by atoms with van der Waals surface area (Å²) >= 11 is 0. The molecule has 0 spiro atoms. The lowest BCUT2D eigenvalue weighted by Gasteiger charge is -2.36. The molecule has 3 heterocycles. The van der Waals surface area contributed by atoms with Crippen LogP contribution in [0.15, 0.2) is 30.6 Å². The maximum absolute atomic E-state index is 13.8. The summed E-state index contributed by atoms with van der Waals surface area (Å²) in [4.78, 5) is 11.1. The van der Waals surface area contributed by atoms with Gasteiger partial charge >= 0.3 is 6.18 Å². The Morgan fingerprint density at radius 1 is 1.28 bits per heavy atom. The van der Waals surface area contributed by atoms with Crippen molar-refractivity contribution in [2.75, 3.05) is 38.5 Å². The second-order valence-electron chi connectivity index (χ2n) is 8.38. The molecule has 1 saturated heterocycles. The molecule has 1 fully saturated rings. The molecule has 1 aliphatic rings. The van der Waals surface area contributed by atoms with Crippen LogP contribution in [0.1, 0.15) is 18.4 Å². The van der Waals surface area contributed by atoms with E-state index in [1.807, 2.05) is 0 Å². The number of hydrogen-bond donors (Lipinski definition) is 3. The Balaban J connectivity index is 1.86. The van der Waals surface area contributed by atoms with E-state index in [0.717, 1.165) is 6.20 Å². The number of benzene rings is 1. The van der Waals surface area contributed by atoms with E-state index in [1.165, 1.54) is 6.20 Å². The lowest BCUT2D eigenvalue weighted by molar-refractivity contribution is -0.137. The van der Waals surface area contributed by atoms with Crippen LogP contribution in [0.4, 0.5) is 19.1 Å². The number of halogens is 3. The number of fused-ring (bicyclic) bond motifs is 1. The van der Waals surface area contributed by atoms with Gasteiger partial charge in [0.1, 0.15) is 12.7 Å². The summed E-state index contributed by atoms with van der Waals surface area (Å²) in [6.07, 6.45) is -1.53. The highest BCUT2D eigenvalue weighted by Gasteiger charge is 2.38. The summed E-state index contributed by atoms with van der Waals surface area (Å²) in [5, 5.41) is 14.0. The summed E-state index contributed by atoms with van der Waals surface area (Å²) in [7, 11) is -2.67. The first-order chi connectivity index (χ1) is 15.0. The molecule has 4 rings (SSSR count). The first-order valence-electron chi connectivity index (χ1n) is 10.1. The van der Waals surface area contributed by atoms with Crippen molar-refractivity contribution in [3.05, 3.63) is 36.2 Å². The number of para-hydroxylation sites is 1. The Bertz CT molecular complexity index is 1180.